The lowest BCUT2D eigenvalue weighted by atomic mass is 9.90. The zero-order valence-electron chi connectivity index (χ0n) is 8.26. The summed E-state index contributed by atoms with van der Waals surface area (Å²) >= 11 is 0. The number of rotatable bonds is 3. The van der Waals surface area contributed by atoms with Crippen molar-refractivity contribution >= 4 is 6.09 Å². The second kappa shape index (κ2) is 3.96. The minimum Gasteiger partial charge on any atom is -0.465 e. The van der Waals surface area contributed by atoms with Crippen molar-refractivity contribution in [3.63, 3.8) is 0 Å². The molecule has 0 saturated carbocycles. The Morgan fingerprint density at radius 1 is 1.69 bits per heavy atom. The molecule has 0 radical (unpaired) electrons. The van der Waals surface area contributed by atoms with Gasteiger partial charge in [-0.25, -0.2) is 4.79 Å². The van der Waals surface area contributed by atoms with Crippen molar-refractivity contribution < 1.29 is 9.90 Å². The fourth-order valence-electron chi connectivity index (χ4n) is 1.95. The Labute approximate surface area is 78.7 Å². The maximum Gasteiger partial charge on any atom is 0.405 e. The molecule has 3 N–H and O–H groups in total. The smallest absolute Gasteiger partial charge is 0.405 e. The SMILES string of the molecule is CC(C)(C[C@@H]1CCNC1)NC(=O)O. The van der Waals surface area contributed by atoms with Gasteiger partial charge in [-0.2, -0.15) is 0 Å². The molecule has 0 bridgehead atoms. The van der Waals surface area contributed by atoms with Crippen LogP contribution in [0, 0.1) is 5.92 Å². The average Bonchev–Trinajstić information content (AvgIpc) is 2.34. The molecule has 1 heterocycles. The van der Waals surface area contributed by atoms with E-state index in [1.165, 1.54) is 0 Å². The van der Waals surface area contributed by atoms with Gasteiger partial charge in [-0.1, -0.05) is 0 Å². The summed E-state index contributed by atoms with van der Waals surface area (Å²) in [6, 6.07) is 0. The first kappa shape index (κ1) is 10.3. The maximum atomic E-state index is 10.5. The fourth-order valence-corrected chi connectivity index (χ4v) is 1.95. The zero-order valence-corrected chi connectivity index (χ0v) is 8.26. The number of nitrogens with one attached hydrogen (secondary N) is 2. The molecule has 1 amide bonds. The van der Waals surface area contributed by atoms with Crippen molar-refractivity contribution in [3.05, 3.63) is 0 Å². The van der Waals surface area contributed by atoms with E-state index in [4.69, 9.17) is 5.11 Å². The van der Waals surface area contributed by atoms with Crippen molar-refractivity contribution in [3.8, 4) is 0 Å². The van der Waals surface area contributed by atoms with E-state index in [-0.39, 0.29) is 5.54 Å². The van der Waals surface area contributed by atoms with Crippen molar-refractivity contribution in [2.45, 2.75) is 32.2 Å². The van der Waals surface area contributed by atoms with Gasteiger partial charge >= 0.3 is 6.09 Å². The van der Waals surface area contributed by atoms with Gasteiger partial charge in [0, 0.05) is 5.54 Å². The molecular formula is C9H18N2O2. The molecule has 0 unspecified atom stereocenters. The van der Waals surface area contributed by atoms with E-state index in [2.05, 4.69) is 10.6 Å². The van der Waals surface area contributed by atoms with E-state index in [1.807, 2.05) is 13.8 Å². The number of hydrogen-bond acceptors (Lipinski definition) is 2. The predicted molar refractivity (Wildman–Crippen MR) is 50.8 cm³/mol. The van der Waals surface area contributed by atoms with Crippen LogP contribution >= 0.6 is 0 Å². The topological polar surface area (TPSA) is 61.4 Å². The first-order valence-corrected chi connectivity index (χ1v) is 4.71. The summed E-state index contributed by atoms with van der Waals surface area (Å²) in [5.41, 5.74) is -0.303. The zero-order chi connectivity index (χ0) is 9.90. The first-order valence-electron chi connectivity index (χ1n) is 4.71. The highest BCUT2D eigenvalue weighted by molar-refractivity contribution is 5.65. The number of hydrogen-bond donors (Lipinski definition) is 3. The van der Waals surface area contributed by atoms with E-state index in [0.717, 1.165) is 25.9 Å². The van der Waals surface area contributed by atoms with Gasteiger partial charge in [-0.3, -0.25) is 0 Å². The van der Waals surface area contributed by atoms with Crippen LogP contribution in [0.1, 0.15) is 26.7 Å². The number of carboxylic acid groups (broad SMARTS) is 1. The molecule has 0 aromatic heterocycles. The van der Waals surface area contributed by atoms with Gasteiger partial charge in [0.1, 0.15) is 0 Å². The van der Waals surface area contributed by atoms with E-state index in [0.29, 0.717) is 5.92 Å². The molecule has 13 heavy (non-hydrogen) atoms. The van der Waals surface area contributed by atoms with Crippen LogP contribution < -0.4 is 10.6 Å². The standard InChI is InChI=1S/C9H18N2O2/c1-9(2,11-8(12)13)5-7-3-4-10-6-7/h7,10-11H,3-6H2,1-2H3,(H,12,13)/t7-/m0/s1. The molecule has 1 fully saturated rings. The normalized spacial score (nSPS) is 23.1. The summed E-state index contributed by atoms with van der Waals surface area (Å²) in [5.74, 6) is 0.613. The van der Waals surface area contributed by atoms with Crippen LogP contribution in [0.4, 0.5) is 4.79 Å². The van der Waals surface area contributed by atoms with Gasteiger partial charge in [0.05, 0.1) is 0 Å². The van der Waals surface area contributed by atoms with Crippen molar-refractivity contribution in [1.82, 2.24) is 10.6 Å². The summed E-state index contributed by atoms with van der Waals surface area (Å²) in [6.45, 7) is 5.94. The molecule has 0 spiro atoms. The molecule has 1 aliphatic heterocycles. The summed E-state index contributed by atoms with van der Waals surface area (Å²) in [4.78, 5) is 10.5. The monoisotopic (exact) mass is 186 g/mol. The molecule has 4 heteroatoms. The third-order valence-electron chi connectivity index (χ3n) is 2.41. The molecule has 1 rings (SSSR count). The highest BCUT2D eigenvalue weighted by Crippen LogP contribution is 2.21. The third-order valence-corrected chi connectivity index (χ3v) is 2.41. The Hall–Kier alpha value is -0.770. The molecule has 4 nitrogen and oxygen atoms in total. The first-order chi connectivity index (χ1) is 5.99. The maximum absolute atomic E-state index is 10.5. The van der Waals surface area contributed by atoms with Crippen LogP contribution in [-0.4, -0.2) is 29.8 Å². The second-order valence-corrected chi connectivity index (χ2v) is 4.38. The fraction of sp³-hybridized carbons (Fsp3) is 0.889. The Morgan fingerprint density at radius 2 is 2.38 bits per heavy atom. The molecule has 1 atom stereocenters. The Bertz CT molecular complexity index is 186. The molecule has 0 aromatic rings. The number of amides is 1. The molecule has 0 aromatic carbocycles. The van der Waals surface area contributed by atoms with Crippen molar-refractivity contribution in [2.24, 2.45) is 5.92 Å². The van der Waals surface area contributed by atoms with Crippen LogP contribution in [0.15, 0.2) is 0 Å². The molecule has 1 saturated heterocycles. The lowest BCUT2D eigenvalue weighted by Gasteiger charge is -2.27. The molecule has 0 aliphatic carbocycles. The largest absolute Gasteiger partial charge is 0.465 e. The van der Waals surface area contributed by atoms with Crippen molar-refractivity contribution in [2.75, 3.05) is 13.1 Å². The van der Waals surface area contributed by atoms with E-state index < -0.39 is 6.09 Å². The van der Waals surface area contributed by atoms with Gasteiger partial charge in [0.15, 0.2) is 0 Å². The number of carbonyl (C=O) groups is 1. The Kier molecular flexibility index (Phi) is 3.14. The van der Waals surface area contributed by atoms with Crippen LogP contribution in [0.5, 0.6) is 0 Å². The summed E-state index contributed by atoms with van der Waals surface area (Å²) in [6.07, 6.45) is 1.13. The minimum atomic E-state index is -0.934. The van der Waals surface area contributed by atoms with Gasteiger partial charge in [-0.15, -0.1) is 0 Å². The molecule has 76 valence electrons. The summed E-state index contributed by atoms with van der Waals surface area (Å²) in [7, 11) is 0. The lowest BCUT2D eigenvalue weighted by Crippen LogP contribution is -2.44. The van der Waals surface area contributed by atoms with Crippen LogP contribution in [-0.2, 0) is 0 Å². The highest BCUT2D eigenvalue weighted by Gasteiger charge is 2.26. The van der Waals surface area contributed by atoms with E-state index in [9.17, 15) is 4.79 Å². The van der Waals surface area contributed by atoms with Gasteiger partial charge in [-0.05, 0) is 45.7 Å². The van der Waals surface area contributed by atoms with Crippen LogP contribution in [0.25, 0.3) is 0 Å². The summed E-state index contributed by atoms with van der Waals surface area (Å²) in [5, 5.41) is 14.4. The van der Waals surface area contributed by atoms with Crippen LogP contribution in [0.2, 0.25) is 0 Å². The molecule has 1 aliphatic rings. The van der Waals surface area contributed by atoms with Gasteiger partial charge < -0.3 is 15.7 Å². The van der Waals surface area contributed by atoms with E-state index >= 15 is 0 Å². The summed E-state index contributed by atoms with van der Waals surface area (Å²) < 4.78 is 0. The average molecular weight is 186 g/mol. The lowest BCUT2D eigenvalue weighted by molar-refractivity contribution is 0.177. The Morgan fingerprint density at radius 3 is 2.85 bits per heavy atom. The third kappa shape index (κ3) is 3.63. The molecular weight excluding hydrogens is 168 g/mol. The predicted octanol–water partition coefficient (Wildman–Crippen LogP) is 1.03. The van der Waals surface area contributed by atoms with Crippen molar-refractivity contribution in [1.29, 1.82) is 0 Å². The Balaban J connectivity index is 2.35. The van der Waals surface area contributed by atoms with Gasteiger partial charge in [0.25, 0.3) is 0 Å². The van der Waals surface area contributed by atoms with E-state index in [1.54, 1.807) is 0 Å². The highest BCUT2D eigenvalue weighted by atomic mass is 16.4. The minimum absolute atomic E-state index is 0.303. The second-order valence-electron chi connectivity index (χ2n) is 4.38. The van der Waals surface area contributed by atoms with Crippen LogP contribution in [0.3, 0.4) is 0 Å². The quantitative estimate of drug-likeness (QED) is 0.617. The van der Waals surface area contributed by atoms with Gasteiger partial charge in [0.2, 0.25) is 0 Å².